The van der Waals surface area contributed by atoms with Crippen LogP contribution in [0.15, 0.2) is 24.3 Å². The molecule has 2 aliphatic rings. The standard InChI is InChI=1S/C18H27NO/c1-18(2)9-5-6-14(12-18)15-7-3-4-8-16(15)17-13-19-10-11-20-17/h3-4,7-8,14,17,19H,5-6,9-13H2,1-2H3. The van der Waals surface area contributed by atoms with Gasteiger partial charge in [0, 0.05) is 13.1 Å². The van der Waals surface area contributed by atoms with E-state index in [1.54, 1.807) is 0 Å². The molecule has 2 unspecified atom stereocenters. The van der Waals surface area contributed by atoms with Crippen LogP contribution in [-0.2, 0) is 4.74 Å². The molecule has 2 nitrogen and oxygen atoms in total. The highest BCUT2D eigenvalue weighted by Gasteiger charge is 2.31. The van der Waals surface area contributed by atoms with Gasteiger partial charge in [0.15, 0.2) is 0 Å². The van der Waals surface area contributed by atoms with Crippen LogP contribution in [0.4, 0.5) is 0 Å². The molecule has 1 aromatic carbocycles. The summed E-state index contributed by atoms with van der Waals surface area (Å²) < 4.78 is 5.98. The highest BCUT2D eigenvalue weighted by Crippen LogP contribution is 2.45. The monoisotopic (exact) mass is 273 g/mol. The summed E-state index contributed by atoms with van der Waals surface area (Å²) in [5.74, 6) is 0.709. The van der Waals surface area contributed by atoms with Crippen LogP contribution >= 0.6 is 0 Å². The fourth-order valence-electron chi connectivity index (χ4n) is 3.90. The second-order valence-electron chi connectivity index (χ2n) is 7.15. The van der Waals surface area contributed by atoms with Crippen LogP contribution in [0, 0.1) is 5.41 Å². The minimum absolute atomic E-state index is 0.241. The van der Waals surface area contributed by atoms with Gasteiger partial charge in [-0.25, -0.2) is 0 Å². The Labute approximate surface area is 122 Å². The Morgan fingerprint density at radius 3 is 2.70 bits per heavy atom. The molecule has 0 spiro atoms. The summed E-state index contributed by atoms with van der Waals surface area (Å²) >= 11 is 0. The van der Waals surface area contributed by atoms with Gasteiger partial charge in [0.1, 0.15) is 0 Å². The molecular formula is C18H27NO. The maximum absolute atomic E-state index is 5.98. The predicted molar refractivity (Wildman–Crippen MR) is 83.0 cm³/mol. The molecule has 2 fully saturated rings. The third kappa shape index (κ3) is 3.07. The second kappa shape index (κ2) is 5.87. The molecule has 20 heavy (non-hydrogen) atoms. The number of hydrogen-bond donors (Lipinski definition) is 1. The van der Waals surface area contributed by atoms with Gasteiger partial charge in [-0.3, -0.25) is 0 Å². The lowest BCUT2D eigenvalue weighted by molar-refractivity contribution is 0.0266. The van der Waals surface area contributed by atoms with Gasteiger partial charge in [-0.05, 0) is 41.7 Å². The van der Waals surface area contributed by atoms with Crippen molar-refractivity contribution in [3.63, 3.8) is 0 Å². The number of hydrogen-bond acceptors (Lipinski definition) is 2. The van der Waals surface area contributed by atoms with E-state index in [0.29, 0.717) is 11.3 Å². The van der Waals surface area contributed by atoms with Crippen LogP contribution in [-0.4, -0.2) is 19.7 Å². The molecule has 0 radical (unpaired) electrons. The first-order chi connectivity index (χ1) is 9.66. The van der Waals surface area contributed by atoms with Gasteiger partial charge in [0.25, 0.3) is 0 Å². The fraction of sp³-hybridized carbons (Fsp3) is 0.667. The third-order valence-electron chi connectivity index (χ3n) is 4.92. The van der Waals surface area contributed by atoms with Crippen molar-refractivity contribution in [2.24, 2.45) is 5.41 Å². The normalized spacial score (nSPS) is 30.1. The Morgan fingerprint density at radius 2 is 2.00 bits per heavy atom. The van der Waals surface area contributed by atoms with E-state index in [-0.39, 0.29) is 6.10 Å². The SMILES string of the molecule is CC1(C)CCCC(c2ccccc2C2CNCCO2)C1. The average molecular weight is 273 g/mol. The molecule has 3 rings (SSSR count). The Bertz CT molecular complexity index is 448. The first-order valence-corrected chi connectivity index (χ1v) is 8.07. The fourth-order valence-corrected chi connectivity index (χ4v) is 3.90. The van der Waals surface area contributed by atoms with Crippen molar-refractivity contribution in [2.45, 2.75) is 51.6 Å². The molecule has 1 aromatic rings. The molecule has 2 heteroatoms. The van der Waals surface area contributed by atoms with Crippen molar-refractivity contribution in [3.05, 3.63) is 35.4 Å². The zero-order valence-corrected chi connectivity index (χ0v) is 12.8. The van der Waals surface area contributed by atoms with Gasteiger partial charge in [0.2, 0.25) is 0 Å². The molecule has 0 bridgehead atoms. The smallest absolute Gasteiger partial charge is 0.0952 e. The minimum Gasteiger partial charge on any atom is -0.371 e. The molecule has 1 aliphatic heterocycles. The summed E-state index contributed by atoms with van der Waals surface area (Å²) in [6.07, 6.45) is 5.61. The van der Waals surface area contributed by atoms with Crippen molar-refractivity contribution >= 4 is 0 Å². The van der Waals surface area contributed by atoms with Crippen LogP contribution in [0.25, 0.3) is 0 Å². The molecule has 0 amide bonds. The summed E-state index contributed by atoms with van der Waals surface area (Å²) in [7, 11) is 0. The van der Waals surface area contributed by atoms with Gasteiger partial charge < -0.3 is 10.1 Å². The number of benzene rings is 1. The highest BCUT2D eigenvalue weighted by atomic mass is 16.5. The van der Waals surface area contributed by atoms with Crippen LogP contribution in [0.1, 0.15) is 62.7 Å². The van der Waals surface area contributed by atoms with Gasteiger partial charge in [-0.2, -0.15) is 0 Å². The quantitative estimate of drug-likeness (QED) is 0.878. The van der Waals surface area contributed by atoms with E-state index in [4.69, 9.17) is 4.74 Å². The Balaban J connectivity index is 1.85. The lowest BCUT2D eigenvalue weighted by atomic mass is 9.69. The molecular weight excluding hydrogens is 246 g/mol. The Morgan fingerprint density at radius 1 is 1.20 bits per heavy atom. The van der Waals surface area contributed by atoms with E-state index in [0.717, 1.165) is 19.7 Å². The summed E-state index contributed by atoms with van der Waals surface area (Å²) in [4.78, 5) is 0. The lowest BCUT2D eigenvalue weighted by Crippen LogP contribution is -2.34. The van der Waals surface area contributed by atoms with Crippen LogP contribution in [0.2, 0.25) is 0 Å². The molecule has 1 saturated heterocycles. The predicted octanol–water partition coefficient (Wildman–Crippen LogP) is 4.03. The molecule has 1 N–H and O–H groups in total. The average Bonchev–Trinajstić information content (AvgIpc) is 2.47. The van der Waals surface area contributed by atoms with Crippen molar-refractivity contribution < 1.29 is 4.74 Å². The van der Waals surface area contributed by atoms with E-state index >= 15 is 0 Å². The molecule has 1 saturated carbocycles. The van der Waals surface area contributed by atoms with Gasteiger partial charge in [-0.1, -0.05) is 44.5 Å². The number of morpholine rings is 1. The molecule has 1 aliphatic carbocycles. The zero-order chi connectivity index (χ0) is 14.0. The molecule has 1 heterocycles. The Kier molecular flexibility index (Phi) is 4.13. The maximum atomic E-state index is 5.98. The number of nitrogens with one attached hydrogen (secondary N) is 1. The van der Waals surface area contributed by atoms with E-state index in [9.17, 15) is 0 Å². The van der Waals surface area contributed by atoms with Gasteiger partial charge >= 0.3 is 0 Å². The minimum atomic E-state index is 0.241. The van der Waals surface area contributed by atoms with Crippen molar-refractivity contribution in [1.82, 2.24) is 5.32 Å². The van der Waals surface area contributed by atoms with Crippen molar-refractivity contribution in [3.8, 4) is 0 Å². The van der Waals surface area contributed by atoms with Crippen LogP contribution < -0.4 is 5.32 Å². The summed E-state index contributed by atoms with van der Waals surface area (Å²) in [6.45, 7) is 7.60. The lowest BCUT2D eigenvalue weighted by Gasteiger charge is -2.37. The summed E-state index contributed by atoms with van der Waals surface area (Å²) in [5, 5.41) is 3.45. The van der Waals surface area contributed by atoms with Gasteiger partial charge in [-0.15, -0.1) is 0 Å². The van der Waals surface area contributed by atoms with E-state index in [1.165, 1.54) is 36.8 Å². The van der Waals surface area contributed by atoms with Crippen LogP contribution in [0.5, 0.6) is 0 Å². The highest BCUT2D eigenvalue weighted by molar-refractivity contribution is 5.33. The largest absolute Gasteiger partial charge is 0.371 e. The Hall–Kier alpha value is -0.860. The zero-order valence-electron chi connectivity index (χ0n) is 12.8. The van der Waals surface area contributed by atoms with E-state index in [2.05, 4.69) is 43.4 Å². The van der Waals surface area contributed by atoms with Crippen molar-refractivity contribution in [2.75, 3.05) is 19.7 Å². The van der Waals surface area contributed by atoms with Crippen molar-refractivity contribution in [1.29, 1.82) is 0 Å². The first-order valence-electron chi connectivity index (χ1n) is 8.07. The van der Waals surface area contributed by atoms with E-state index < -0.39 is 0 Å². The maximum Gasteiger partial charge on any atom is 0.0952 e. The summed E-state index contributed by atoms with van der Waals surface area (Å²) in [5.41, 5.74) is 3.44. The molecule has 0 aromatic heterocycles. The number of ether oxygens (including phenoxy) is 1. The van der Waals surface area contributed by atoms with E-state index in [1.807, 2.05) is 0 Å². The molecule has 2 atom stereocenters. The van der Waals surface area contributed by atoms with Crippen LogP contribution in [0.3, 0.4) is 0 Å². The number of rotatable bonds is 2. The third-order valence-corrected chi connectivity index (χ3v) is 4.92. The molecule has 110 valence electrons. The van der Waals surface area contributed by atoms with Gasteiger partial charge in [0.05, 0.1) is 12.7 Å². The first kappa shape index (κ1) is 14.1. The second-order valence-corrected chi connectivity index (χ2v) is 7.15. The topological polar surface area (TPSA) is 21.3 Å². The summed E-state index contributed by atoms with van der Waals surface area (Å²) in [6, 6.07) is 8.95.